The topological polar surface area (TPSA) is 65.4 Å². The third-order valence-electron chi connectivity index (χ3n) is 3.60. The van der Waals surface area contributed by atoms with Crippen LogP contribution in [0.5, 0.6) is 0 Å². The largest absolute Gasteiger partial charge is 0.378 e. The molecule has 1 atom stereocenters. The molecule has 5 heteroatoms. The smallest absolute Gasteiger partial charge is 0.262 e. The maximum Gasteiger partial charge on any atom is 0.262 e. The Morgan fingerprint density at radius 2 is 2.18 bits per heavy atom. The van der Waals surface area contributed by atoms with Crippen molar-refractivity contribution in [3.63, 3.8) is 0 Å². The lowest BCUT2D eigenvalue weighted by Crippen LogP contribution is -2.32. The molecular weight excluding hydrogens is 278 g/mol. The van der Waals surface area contributed by atoms with Crippen molar-refractivity contribution in [1.29, 1.82) is 5.26 Å². The van der Waals surface area contributed by atoms with Crippen molar-refractivity contribution in [3.05, 3.63) is 35.4 Å². The molecule has 1 N–H and O–H groups in total. The minimum atomic E-state index is -0.352. The Morgan fingerprint density at radius 3 is 2.73 bits per heavy atom. The molecule has 0 aromatic heterocycles. The second kappa shape index (κ2) is 7.62. The second-order valence-corrected chi connectivity index (χ2v) is 5.50. The molecule has 1 heterocycles. The van der Waals surface area contributed by atoms with Gasteiger partial charge < -0.3 is 15.0 Å². The molecule has 2 rings (SSSR count). The van der Waals surface area contributed by atoms with E-state index >= 15 is 0 Å². The van der Waals surface area contributed by atoms with Gasteiger partial charge in [0.2, 0.25) is 0 Å². The summed E-state index contributed by atoms with van der Waals surface area (Å²) in [5.74, 6) is -0.352. The van der Waals surface area contributed by atoms with E-state index in [1.807, 2.05) is 49.3 Å². The number of anilines is 1. The Morgan fingerprint density at radius 1 is 1.45 bits per heavy atom. The Labute approximate surface area is 131 Å². The summed E-state index contributed by atoms with van der Waals surface area (Å²) in [4.78, 5) is 14.0. The van der Waals surface area contributed by atoms with Crippen LogP contribution < -0.4 is 10.2 Å². The zero-order valence-electron chi connectivity index (χ0n) is 13.0. The van der Waals surface area contributed by atoms with Crippen molar-refractivity contribution in [2.45, 2.75) is 18.9 Å². The number of hydrogen-bond donors (Lipinski definition) is 1. The molecular formula is C17H21N3O2. The third kappa shape index (κ3) is 4.34. The lowest BCUT2D eigenvalue weighted by molar-refractivity contribution is -0.117. The van der Waals surface area contributed by atoms with E-state index in [1.54, 1.807) is 6.08 Å². The van der Waals surface area contributed by atoms with Gasteiger partial charge in [0.25, 0.3) is 5.91 Å². The van der Waals surface area contributed by atoms with Crippen LogP contribution in [-0.4, -0.2) is 39.3 Å². The Balaban J connectivity index is 1.99. The number of amides is 1. The number of nitriles is 1. The van der Waals surface area contributed by atoms with E-state index in [1.165, 1.54) is 0 Å². The maximum atomic E-state index is 12.0. The number of nitrogens with one attached hydrogen (secondary N) is 1. The Bertz CT molecular complexity index is 579. The number of nitrogens with zero attached hydrogens (tertiary/aromatic N) is 2. The molecule has 1 aromatic rings. The van der Waals surface area contributed by atoms with Crippen LogP contribution in [0, 0.1) is 11.3 Å². The van der Waals surface area contributed by atoms with Crippen LogP contribution in [0.1, 0.15) is 18.4 Å². The van der Waals surface area contributed by atoms with Crippen molar-refractivity contribution in [2.75, 3.05) is 32.1 Å². The van der Waals surface area contributed by atoms with Gasteiger partial charge in [-0.25, -0.2) is 0 Å². The molecule has 22 heavy (non-hydrogen) atoms. The number of carbonyl (C=O) groups excluding carboxylic acids is 1. The van der Waals surface area contributed by atoms with Crippen LogP contribution in [0.3, 0.4) is 0 Å². The van der Waals surface area contributed by atoms with Gasteiger partial charge in [-0.1, -0.05) is 12.1 Å². The zero-order valence-corrected chi connectivity index (χ0v) is 13.0. The highest BCUT2D eigenvalue weighted by Gasteiger charge is 2.17. The van der Waals surface area contributed by atoms with Crippen LogP contribution in [0.2, 0.25) is 0 Å². The highest BCUT2D eigenvalue weighted by atomic mass is 16.5. The molecule has 0 spiro atoms. The molecule has 0 unspecified atom stereocenters. The fraction of sp³-hybridized carbons (Fsp3) is 0.412. The van der Waals surface area contributed by atoms with Gasteiger partial charge in [0.05, 0.1) is 6.10 Å². The molecule has 5 nitrogen and oxygen atoms in total. The third-order valence-corrected chi connectivity index (χ3v) is 3.60. The summed E-state index contributed by atoms with van der Waals surface area (Å²) in [7, 11) is 3.92. The summed E-state index contributed by atoms with van der Waals surface area (Å²) in [6.07, 6.45) is 3.66. The summed E-state index contributed by atoms with van der Waals surface area (Å²) in [5, 5.41) is 11.9. The number of benzene rings is 1. The van der Waals surface area contributed by atoms with E-state index in [-0.39, 0.29) is 17.6 Å². The molecule has 0 aliphatic carbocycles. The summed E-state index contributed by atoms with van der Waals surface area (Å²) < 4.78 is 5.45. The molecule has 1 aromatic carbocycles. The number of carbonyl (C=O) groups is 1. The predicted molar refractivity (Wildman–Crippen MR) is 86.3 cm³/mol. The molecule has 0 radical (unpaired) electrons. The molecule has 1 saturated heterocycles. The van der Waals surface area contributed by atoms with Crippen molar-refractivity contribution < 1.29 is 9.53 Å². The van der Waals surface area contributed by atoms with Crippen molar-refractivity contribution in [2.24, 2.45) is 0 Å². The van der Waals surface area contributed by atoms with Crippen LogP contribution in [0.4, 0.5) is 5.69 Å². The lowest BCUT2D eigenvalue weighted by atomic mass is 10.1. The summed E-state index contributed by atoms with van der Waals surface area (Å²) in [6, 6.07) is 9.64. The predicted octanol–water partition coefficient (Wildman–Crippen LogP) is 1.95. The fourth-order valence-corrected chi connectivity index (χ4v) is 2.29. The van der Waals surface area contributed by atoms with Crippen LogP contribution in [0.25, 0.3) is 6.08 Å². The molecule has 1 aliphatic rings. The van der Waals surface area contributed by atoms with Crippen molar-refractivity contribution in [3.8, 4) is 6.07 Å². The normalized spacial score (nSPS) is 17.9. The summed E-state index contributed by atoms with van der Waals surface area (Å²) >= 11 is 0. The van der Waals surface area contributed by atoms with E-state index in [4.69, 9.17) is 4.74 Å². The van der Waals surface area contributed by atoms with Gasteiger partial charge in [-0.15, -0.1) is 0 Å². The number of ether oxygens (including phenoxy) is 1. The molecule has 116 valence electrons. The highest BCUT2D eigenvalue weighted by molar-refractivity contribution is 6.01. The van der Waals surface area contributed by atoms with Gasteiger partial charge in [0.1, 0.15) is 11.6 Å². The SMILES string of the molecule is CN(C)c1ccc(/C=C(\C#N)C(=O)NC[C@H]2CCCO2)cc1. The first-order valence-electron chi connectivity index (χ1n) is 7.39. The monoisotopic (exact) mass is 299 g/mol. The zero-order chi connectivity index (χ0) is 15.9. The standard InChI is InChI=1S/C17H21N3O2/c1-20(2)15-7-5-13(6-8-15)10-14(11-18)17(21)19-12-16-4-3-9-22-16/h5-8,10,16H,3-4,9,12H2,1-2H3,(H,19,21)/b14-10+/t16-/m1/s1. The number of rotatable bonds is 5. The van der Waals surface area contributed by atoms with Gasteiger partial charge >= 0.3 is 0 Å². The fourth-order valence-electron chi connectivity index (χ4n) is 2.29. The average molecular weight is 299 g/mol. The molecule has 1 fully saturated rings. The van der Waals surface area contributed by atoms with Crippen molar-refractivity contribution in [1.82, 2.24) is 5.32 Å². The Kier molecular flexibility index (Phi) is 5.56. The summed E-state index contributed by atoms with van der Waals surface area (Å²) in [5.41, 5.74) is 2.00. The first-order valence-corrected chi connectivity index (χ1v) is 7.39. The average Bonchev–Trinajstić information content (AvgIpc) is 3.04. The van der Waals surface area contributed by atoms with Gasteiger partial charge in [-0.3, -0.25) is 4.79 Å². The van der Waals surface area contributed by atoms with Crippen molar-refractivity contribution >= 4 is 17.7 Å². The van der Waals surface area contributed by atoms with Crippen LogP contribution in [-0.2, 0) is 9.53 Å². The van der Waals surface area contributed by atoms with Crippen LogP contribution in [0.15, 0.2) is 29.8 Å². The van der Waals surface area contributed by atoms with Crippen LogP contribution >= 0.6 is 0 Å². The maximum absolute atomic E-state index is 12.0. The molecule has 1 aliphatic heterocycles. The van der Waals surface area contributed by atoms with Gasteiger partial charge in [0, 0.05) is 32.9 Å². The second-order valence-electron chi connectivity index (χ2n) is 5.50. The molecule has 0 bridgehead atoms. The van der Waals surface area contributed by atoms with Gasteiger partial charge in [-0.05, 0) is 36.6 Å². The minimum absolute atomic E-state index is 0.0725. The molecule has 1 amide bonds. The Hall–Kier alpha value is -2.32. The van der Waals surface area contributed by atoms with Gasteiger partial charge in [-0.2, -0.15) is 5.26 Å². The van der Waals surface area contributed by atoms with E-state index in [0.717, 1.165) is 30.7 Å². The first-order chi connectivity index (χ1) is 10.6. The minimum Gasteiger partial charge on any atom is -0.378 e. The quantitative estimate of drug-likeness (QED) is 0.667. The first kappa shape index (κ1) is 16.1. The highest BCUT2D eigenvalue weighted by Crippen LogP contribution is 2.15. The van der Waals surface area contributed by atoms with E-state index in [2.05, 4.69) is 5.32 Å². The van der Waals surface area contributed by atoms with E-state index in [0.29, 0.717) is 6.54 Å². The summed E-state index contributed by atoms with van der Waals surface area (Å²) in [6.45, 7) is 1.21. The molecule has 0 saturated carbocycles. The number of hydrogen-bond acceptors (Lipinski definition) is 4. The van der Waals surface area contributed by atoms with E-state index < -0.39 is 0 Å². The van der Waals surface area contributed by atoms with Gasteiger partial charge in [0.15, 0.2) is 0 Å². The lowest BCUT2D eigenvalue weighted by Gasteiger charge is -2.12. The van der Waals surface area contributed by atoms with E-state index in [9.17, 15) is 10.1 Å².